The van der Waals surface area contributed by atoms with E-state index in [4.69, 9.17) is 9.47 Å². The molecule has 22 heavy (non-hydrogen) atoms. The lowest BCUT2D eigenvalue weighted by atomic mass is 10.1. The first-order chi connectivity index (χ1) is 10.4. The number of aromatic nitrogens is 2. The Kier molecular flexibility index (Phi) is 5.05. The van der Waals surface area contributed by atoms with Gasteiger partial charge in [0.05, 0.1) is 7.11 Å². The topological polar surface area (TPSA) is 76.6 Å². The number of nitrogens with one attached hydrogen (secondary N) is 1. The summed E-state index contributed by atoms with van der Waals surface area (Å²) in [5.41, 5.74) is -0.455. The number of piperidine rings is 1. The van der Waals surface area contributed by atoms with E-state index in [2.05, 4.69) is 15.3 Å². The van der Waals surface area contributed by atoms with E-state index in [-0.39, 0.29) is 12.1 Å². The second-order valence-corrected chi connectivity index (χ2v) is 6.33. The number of likely N-dealkylation sites (tertiary alicyclic amines) is 1. The smallest absolute Gasteiger partial charge is 0.410 e. The van der Waals surface area contributed by atoms with Crippen LogP contribution in [0, 0.1) is 0 Å². The number of anilines is 1. The fraction of sp³-hybridized carbons (Fsp3) is 0.667. The van der Waals surface area contributed by atoms with Crippen molar-refractivity contribution < 1.29 is 14.3 Å². The summed E-state index contributed by atoms with van der Waals surface area (Å²) in [6.07, 6.45) is 2.93. The van der Waals surface area contributed by atoms with Crippen molar-refractivity contribution in [3.63, 3.8) is 0 Å². The van der Waals surface area contributed by atoms with Gasteiger partial charge in [-0.05, 0) is 33.6 Å². The number of ether oxygens (including phenoxy) is 2. The van der Waals surface area contributed by atoms with Crippen molar-refractivity contribution in [3.8, 4) is 5.88 Å². The van der Waals surface area contributed by atoms with E-state index >= 15 is 0 Å². The van der Waals surface area contributed by atoms with Crippen LogP contribution in [-0.2, 0) is 4.74 Å². The normalized spacial score (nSPS) is 16.3. The second-order valence-electron chi connectivity index (χ2n) is 6.33. The Labute approximate surface area is 131 Å². The summed E-state index contributed by atoms with van der Waals surface area (Å²) in [5.74, 6) is 1.27. The molecule has 0 aliphatic carbocycles. The fourth-order valence-electron chi connectivity index (χ4n) is 2.27. The molecule has 2 rings (SSSR count). The van der Waals surface area contributed by atoms with Crippen molar-refractivity contribution in [3.05, 3.63) is 12.4 Å². The first kappa shape index (κ1) is 16.3. The molecular weight excluding hydrogens is 284 g/mol. The fourth-order valence-corrected chi connectivity index (χ4v) is 2.27. The molecule has 0 bridgehead atoms. The Balaban J connectivity index is 1.83. The molecule has 1 N–H and O–H groups in total. The lowest BCUT2D eigenvalue weighted by molar-refractivity contribution is 0.0210. The summed E-state index contributed by atoms with van der Waals surface area (Å²) in [7, 11) is 1.57. The largest absolute Gasteiger partial charge is 0.481 e. The molecule has 7 nitrogen and oxygen atoms in total. The van der Waals surface area contributed by atoms with Gasteiger partial charge in [0.15, 0.2) is 0 Å². The Hall–Kier alpha value is -2.05. The van der Waals surface area contributed by atoms with Crippen LogP contribution in [0.15, 0.2) is 12.4 Å². The summed E-state index contributed by atoms with van der Waals surface area (Å²) in [4.78, 5) is 21.9. The van der Waals surface area contributed by atoms with Gasteiger partial charge in [0.1, 0.15) is 17.7 Å². The maximum Gasteiger partial charge on any atom is 0.410 e. The van der Waals surface area contributed by atoms with Gasteiger partial charge in [-0.1, -0.05) is 0 Å². The van der Waals surface area contributed by atoms with E-state index in [0.29, 0.717) is 19.0 Å². The van der Waals surface area contributed by atoms with Gasteiger partial charge in [0.2, 0.25) is 5.88 Å². The number of amides is 1. The van der Waals surface area contributed by atoms with Crippen molar-refractivity contribution in [2.75, 3.05) is 25.5 Å². The maximum absolute atomic E-state index is 12.0. The highest BCUT2D eigenvalue weighted by atomic mass is 16.6. The van der Waals surface area contributed by atoms with Gasteiger partial charge < -0.3 is 19.7 Å². The van der Waals surface area contributed by atoms with E-state index in [0.717, 1.165) is 18.7 Å². The monoisotopic (exact) mass is 308 g/mol. The molecule has 1 amide bonds. The third-order valence-corrected chi connectivity index (χ3v) is 3.35. The van der Waals surface area contributed by atoms with E-state index < -0.39 is 5.60 Å². The van der Waals surface area contributed by atoms with Crippen molar-refractivity contribution >= 4 is 11.9 Å². The second kappa shape index (κ2) is 6.81. The molecule has 1 aromatic heterocycles. The Bertz CT molecular complexity index is 508. The van der Waals surface area contributed by atoms with E-state index in [1.54, 1.807) is 18.1 Å². The quantitative estimate of drug-likeness (QED) is 0.923. The number of carbonyl (C=O) groups excluding carboxylic acids is 1. The molecule has 0 radical (unpaired) electrons. The molecule has 1 saturated heterocycles. The van der Waals surface area contributed by atoms with Crippen LogP contribution in [0.25, 0.3) is 0 Å². The molecule has 0 aromatic carbocycles. The minimum atomic E-state index is -0.455. The van der Waals surface area contributed by atoms with Crippen molar-refractivity contribution in [2.45, 2.75) is 45.3 Å². The highest BCUT2D eigenvalue weighted by molar-refractivity contribution is 5.68. The van der Waals surface area contributed by atoms with Crippen molar-refractivity contribution in [1.82, 2.24) is 14.9 Å². The minimum absolute atomic E-state index is 0.241. The summed E-state index contributed by atoms with van der Waals surface area (Å²) in [6, 6.07) is 2.04. The lowest BCUT2D eigenvalue weighted by Crippen LogP contribution is -2.44. The third kappa shape index (κ3) is 4.75. The number of carbonyl (C=O) groups is 1. The van der Waals surface area contributed by atoms with Gasteiger partial charge in [-0.3, -0.25) is 0 Å². The highest BCUT2D eigenvalue weighted by Gasteiger charge is 2.26. The van der Waals surface area contributed by atoms with Gasteiger partial charge in [0, 0.05) is 25.2 Å². The molecule has 0 atom stereocenters. The van der Waals surface area contributed by atoms with E-state index in [1.807, 2.05) is 20.8 Å². The van der Waals surface area contributed by atoms with Crippen molar-refractivity contribution in [1.29, 1.82) is 0 Å². The predicted octanol–water partition coefficient (Wildman–Crippen LogP) is 2.30. The van der Waals surface area contributed by atoms with Crippen LogP contribution in [0.4, 0.5) is 10.6 Å². The Morgan fingerprint density at radius 2 is 2.00 bits per heavy atom. The predicted molar refractivity (Wildman–Crippen MR) is 83.0 cm³/mol. The molecule has 1 fully saturated rings. The van der Waals surface area contributed by atoms with Crippen LogP contribution in [0.2, 0.25) is 0 Å². The zero-order valence-electron chi connectivity index (χ0n) is 13.6. The molecule has 0 spiro atoms. The van der Waals surface area contributed by atoms with Gasteiger partial charge in [0.25, 0.3) is 0 Å². The zero-order chi connectivity index (χ0) is 16.2. The first-order valence-electron chi connectivity index (χ1n) is 7.48. The first-order valence-corrected chi connectivity index (χ1v) is 7.48. The van der Waals surface area contributed by atoms with Gasteiger partial charge in [-0.2, -0.15) is 0 Å². The summed E-state index contributed by atoms with van der Waals surface area (Å²) in [6.45, 7) is 6.98. The molecule has 0 unspecified atom stereocenters. The molecule has 2 heterocycles. The van der Waals surface area contributed by atoms with Crippen LogP contribution in [0.3, 0.4) is 0 Å². The van der Waals surface area contributed by atoms with E-state index in [1.165, 1.54) is 6.33 Å². The number of nitrogens with zero attached hydrogens (tertiary/aromatic N) is 3. The van der Waals surface area contributed by atoms with Crippen LogP contribution < -0.4 is 10.1 Å². The van der Waals surface area contributed by atoms with Crippen LogP contribution in [0.1, 0.15) is 33.6 Å². The summed E-state index contributed by atoms with van der Waals surface area (Å²) >= 11 is 0. The third-order valence-electron chi connectivity index (χ3n) is 3.35. The van der Waals surface area contributed by atoms with Crippen molar-refractivity contribution in [2.24, 2.45) is 0 Å². The SMILES string of the molecule is COc1cc(NC2CCN(C(=O)OC(C)(C)C)CC2)ncn1. The maximum atomic E-state index is 12.0. The average molecular weight is 308 g/mol. The molecule has 1 aliphatic rings. The standard InChI is InChI=1S/C15H24N4O3/c1-15(2,3)22-14(20)19-7-5-11(6-8-19)18-12-9-13(21-4)17-10-16-12/h9-11H,5-8H2,1-4H3,(H,16,17,18). The Morgan fingerprint density at radius 1 is 1.32 bits per heavy atom. The number of methoxy groups -OCH3 is 1. The van der Waals surface area contributed by atoms with Crippen LogP contribution >= 0.6 is 0 Å². The number of rotatable bonds is 3. The summed E-state index contributed by atoms with van der Waals surface area (Å²) in [5, 5.41) is 3.35. The van der Waals surface area contributed by atoms with Gasteiger partial charge in [-0.15, -0.1) is 0 Å². The zero-order valence-corrected chi connectivity index (χ0v) is 13.6. The molecular formula is C15H24N4O3. The molecule has 0 saturated carbocycles. The highest BCUT2D eigenvalue weighted by Crippen LogP contribution is 2.19. The number of hydrogen-bond donors (Lipinski definition) is 1. The van der Waals surface area contributed by atoms with E-state index in [9.17, 15) is 4.79 Å². The number of hydrogen-bond acceptors (Lipinski definition) is 6. The molecule has 1 aromatic rings. The molecule has 1 aliphatic heterocycles. The van der Waals surface area contributed by atoms with Crippen LogP contribution in [0.5, 0.6) is 5.88 Å². The summed E-state index contributed by atoms with van der Waals surface area (Å²) < 4.78 is 10.5. The average Bonchev–Trinajstić information content (AvgIpc) is 2.46. The molecule has 7 heteroatoms. The lowest BCUT2D eigenvalue weighted by Gasteiger charge is -2.33. The minimum Gasteiger partial charge on any atom is -0.481 e. The van der Waals surface area contributed by atoms with Crippen LogP contribution in [-0.4, -0.2) is 52.8 Å². The van der Waals surface area contributed by atoms with Gasteiger partial charge in [-0.25, -0.2) is 14.8 Å². The Morgan fingerprint density at radius 3 is 2.59 bits per heavy atom. The molecule has 122 valence electrons. The van der Waals surface area contributed by atoms with Gasteiger partial charge >= 0.3 is 6.09 Å².